The Morgan fingerprint density at radius 2 is 2.35 bits per heavy atom. The summed E-state index contributed by atoms with van der Waals surface area (Å²) in [6, 6.07) is 0. The van der Waals surface area contributed by atoms with E-state index in [2.05, 4.69) is 35.6 Å². The van der Waals surface area contributed by atoms with Crippen molar-refractivity contribution in [2.24, 2.45) is 0 Å². The molecule has 4 heteroatoms. The first kappa shape index (κ1) is 12.6. The Bertz CT molecular complexity index is 378. The van der Waals surface area contributed by atoms with Crippen molar-refractivity contribution in [3.05, 3.63) is 18.2 Å². The van der Waals surface area contributed by atoms with Crippen molar-refractivity contribution in [2.75, 3.05) is 26.8 Å². The highest BCUT2D eigenvalue weighted by molar-refractivity contribution is 5.19. The van der Waals surface area contributed by atoms with Crippen molar-refractivity contribution in [1.82, 2.24) is 14.9 Å². The van der Waals surface area contributed by atoms with Crippen molar-refractivity contribution in [3.8, 4) is 0 Å². The minimum Gasteiger partial charge on any atom is -0.382 e. The summed E-state index contributed by atoms with van der Waals surface area (Å²) in [7, 11) is 1.75. The Morgan fingerprint density at radius 1 is 1.59 bits per heavy atom. The maximum absolute atomic E-state index is 5.32. The average Bonchev–Trinajstić information content (AvgIpc) is 2.85. The summed E-state index contributed by atoms with van der Waals surface area (Å²) in [6.07, 6.45) is 5.10. The standard InChI is InChI=1S/C13H23N3O/c1-12(2,9-17-4)16-10-15-7-11(16)13(3)5-6-14-8-13/h7,10,14H,5-6,8-9H2,1-4H3. The molecule has 1 aliphatic heterocycles. The summed E-state index contributed by atoms with van der Waals surface area (Å²) in [5.41, 5.74) is 1.46. The second-order valence-corrected chi connectivity index (χ2v) is 5.88. The Hall–Kier alpha value is -0.870. The molecule has 1 atom stereocenters. The molecule has 2 heterocycles. The first-order valence-electron chi connectivity index (χ1n) is 6.23. The molecule has 17 heavy (non-hydrogen) atoms. The second kappa shape index (κ2) is 4.42. The van der Waals surface area contributed by atoms with Crippen LogP contribution in [0.15, 0.2) is 12.5 Å². The molecule has 1 unspecified atom stereocenters. The van der Waals surface area contributed by atoms with Gasteiger partial charge < -0.3 is 14.6 Å². The van der Waals surface area contributed by atoms with Gasteiger partial charge in [0.2, 0.25) is 0 Å². The fourth-order valence-corrected chi connectivity index (χ4v) is 2.68. The van der Waals surface area contributed by atoms with E-state index in [1.807, 2.05) is 12.5 Å². The molecule has 96 valence electrons. The van der Waals surface area contributed by atoms with Crippen LogP contribution in [0.4, 0.5) is 0 Å². The number of hydrogen-bond donors (Lipinski definition) is 1. The van der Waals surface area contributed by atoms with Gasteiger partial charge in [0.1, 0.15) is 0 Å². The number of rotatable bonds is 4. The van der Waals surface area contributed by atoms with E-state index in [0.717, 1.165) is 13.1 Å². The number of aromatic nitrogens is 2. The van der Waals surface area contributed by atoms with Crippen LogP contribution >= 0.6 is 0 Å². The van der Waals surface area contributed by atoms with Crippen LogP contribution in [0.3, 0.4) is 0 Å². The number of nitrogens with one attached hydrogen (secondary N) is 1. The van der Waals surface area contributed by atoms with Gasteiger partial charge in [-0.15, -0.1) is 0 Å². The molecule has 0 amide bonds. The number of ether oxygens (including phenoxy) is 1. The van der Waals surface area contributed by atoms with Gasteiger partial charge in [-0.05, 0) is 26.8 Å². The van der Waals surface area contributed by atoms with Crippen molar-refractivity contribution < 1.29 is 4.74 Å². The summed E-state index contributed by atoms with van der Waals surface area (Å²) >= 11 is 0. The molecule has 4 nitrogen and oxygen atoms in total. The van der Waals surface area contributed by atoms with E-state index in [-0.39, 0.29) is 11.0 Å². The summed E-state index contributed by atoms with van der Waals surface area (Å²) in [4.78, 5) is 4.34. The van der Waals surface area contributed by atoms with Gasteiger partial charge in [0.05, 0.1) is 18.5 Å². The maximum Gasteiger partial charge on any atom is 0.0954 e. The lowest BCUT2D eigenvalue weighted by atomic mass is 9.85. The molecule has 1 saturated heterocycles. The predicted octanol–water partition coefficient (Wildman–Crippen LogP) is 1.52. The average molecular weight is 237 g/mol. The van der Waals surface area contributed by atoms with Crippen LogP contribution in [0.2, 0.25) is 0 Å². The SMILES string of the molecule is COCC(C)(C)n1cncc1C1(C)CCNC1. The first-order chi connectivity index (χ1) is 7.99. The molecule has 1 N–H and O–H groups in total. The highest BCUT2D eigenvalue weighted by Gasteiger charge is 2.36. The Balaban J connectivity index is 2.34. The normalized spacial score (nSPS) is 25.4. The van der Waals surface area contributed by atoms with E-state index in [9.17, 15) is 0 Å². The molecule has 1 fully saturated rings. The molecule has 0 aliphatic carbocycles. The van der Waals surface area contributed by atoms with Gasteiger partial charge >= 0.3 is 0 Å². The quantitative estimate of drug-likeness (QED) is 0.863. The Morgan fingerprint density at radius 3 is 2.94 bits per heavy atom. The molecule has 0 spiro atoms. The van der Waals surface area contributed by atoms with Crippen LogP contribution in [0.25, 0.3) is 0 Å². The summed E-state index contributed by atoms with van der Waals surface area (Å²) in [5.74, 6) is 0. The summed E-state index contributed by atoms with van der Waals surface area (Å²) in [6.45, 7) is 9.50. The largest absolute Gasteiger partial charge is 0.382 e. The highest BCUT2D eigenvalue weighted by Crippen LogP contribution is 2.32. The summed E-state index contributed by atoms with van der Waals surface area (Å²) < 4.78 is 7.58. The molecule has 2 rings (SSSR count). The van der Waals surface area contributed by atoms with E-state index < -0.39 is 0 Å². The minimum absolute atomic E-state index is 0.0494. The number of methoxy groups -OCH3 is 1. The van der Waals surface area contributed by atoms with Crippen LogP contribution in [0.1, 0.15) is 32.9 Å². The number of hydrogen-bond acceptors (Lipinski definition) is 3. The van der Waals surface area contributed by atoms with Crippen LogP contribution in [0, 0.1) is 0 Å². The third kappa shape index (κ3) is 2.24. The minimum atomic E-state index is -0.0494. The Kier molecular flexibility index (Phi) is 3.27. The molecule has 0 aromatic carbocycles. The monoisotopic (exact) mass is 237 g/mol. The van der Waals surface area contributed by atoms with Gasteiger partial charge in [0.15, 0.2) is 0 Å². The van der Waals surface area contributed by atoms with E-state index in [1.165, 1.54) is 12.1 Å². The van der Waals surface area contributed by atoms with Gasteiger partial charge in [-0.3, -0.25) is 0 Å². The Labute approximate surface area is 103 Å². The van der Waals surface area contributed by atoms with Crippen molar-refractivity contribution in [1.29, 1.82) is 0 Å². The molecule has 0 radical (unpaired) electrons. The van der Waals surface area contributed by atoms with Crippen LogP contribution in [-0.4, -0.2) is 36.4 Å². The fraction of sp³-hybridized carbons (Fsp3) is 0.769. The lowest BCUT2D eigenvalue weighted by molar-refractivity contribution is 0.105. The zero-order valence-corrected chi connectivity index (χ0v) is 11.3. The zero-order chi connectivity index (χ0) is 12.5. The van der Waals surface area contributed by atoms with Crippen molar-refractivity contribution in [2.45, 2.75) is 38.1 Å². The van der Waals surface area contributed by atoms with Crippen LogP contribution in [0.5, 0.6) is 0 Å². The second-order valence-electron chi connectivity index (χ2n) is 5.88. The lowest BCUT2D eigenvalue weighted by Gasteiger charge is -2.33. The topological polar surface area (TPSA) is 39.1 Å². The molecule has 1 aromatic heterocycles. The smallest absolute Gasteiger partial charge is 0.0954 e. The maximum atomic E-state index is 5.32. The van der Waals surface area contributed by atoms with Crippen molar-refractivity contribution >= 4 is 0 Å². The van der Waals surface area contributed by atoms with Gasteiger partial charge in [-0.25, -0.2) is 4.98 Å². The van der Waals surface area contributed by atoms with Gasteiger partial charge in [0.25, 0.3) is 0 Å². The molecular formula is C13H23N3O. The van der Waals surface area contributed by atoms with E-state index in [0.29, 0.717) is 6.61 Å². The van der Waals surface area contributed by atoms with E-state index >= 15 is 0 Å². The van der Waals surface area contributed by atoms with Crippen LogP contribution in [-0.2, 0) is 15.7 Å². The molecule has 1 aliphatic rings. The third-order valence-corrected chi connectivity index (χ3v) is 3.78. The predicted molar refractivity (Wildman–Crippen MR) is 68.3 cm³/mol. The van der Waals surface area contributed by atoms with Gasteiger partial charge in [-0.1, -0.05) is 6.92 Å². The van der Waals surface area contributed by atoms with Crippen LogP contribution < -0.4 is 5.32 Å². The molecule has 1 aromatic rings. The fourth-order valence-electron chi connectivity index (χ4n) is 2.68. The third-order valence-electron chi connectivity index (χ3n) is 3.78. The number of nitrogens with zero attached hydrogens (tertiary/aromatic N) is 2. The zero-order valence-electron chi connectivity index (χ0n) is 11.3. The number of imidazole rings is 1. The van der Waals surface area contributed by atoms with Gasteiger partial charge in [-0.2, -0.15) is 0 Å². The molecule has 0 saturated carbocycles. The molecular weight excluding hydrogens is 214 g/mol. The van der Waals surface area contributed by atoms with E-state index in [4.69, 9.17) is 4.74 Å². The lowest BCUT2D eigenvalue weighted by Crippen LogP contribution is -2.37. The van der Waals surface area contributed by atoms with Gasteiger partial charge in [0, 0.05) is 31.0 Å². The first-order valence-corrected chi connectivity index (χ1v) is 6.23. The molecule has 0 bridgehead atoms. The summed E-state index contributed by atoms with van der Waals surface area (Å²) in [5, 5.41) is 3.44. The van der Waals surface area contributed by atoms with E-state index in [1.54, 1.807) is 7.11 Å². The highest BCUT2D eigenvalue weighted by atomic mass is 16.5. The van der Waals surface area contributed by atoms with Crippen molar-refractivity contribution in [3.63, 3.8) is 0 Å².